The van der Waals surface area contributed by atoms with Gasteiger partial charge in [-0.25, -0.2) is 4.39 Å². The zero-order valence-corrected chi connectivity index (χ0v) is 13.4. The van der Waals surface area contributed by atoms with Crippen LogP contribution in [-0.4, -0.2) is 40.1 Å². The van der Waals surface area contributed by atoms with Crippen LogP contribution in [0.2, 0.25) is 0 Å². The highest BCUT2D eigenvalue weighted by molar-refractivity contribution is 5.82. The third-order valence-electron chi connectivity index (χ3n) is 4.63. The van der Waals surface area contributed by atoms with Gasteiger partial charge in [0, 0.05) is 37.9 Å². The highest BCUT2D eigenvalue weighted by atomic mass is 19.1. The third-order valence-corrected chi connectivity index (χ3v) is 4.63. The monoisotopic (exact) mass is 331 g/mol. The van der Waals surface area contributed by atoms with Gasteiger partial charge < -0.3 is 14.2 Å². The maximum atomic E-state index is 13.8. The Labute approximate surface area is 138 Å². The summed E-state index contributed by atoms with van der Waals surface area (Å²) >= 11 is 0. The molecule has 3 heterocycles. The Morgan fingerprint density at radius 3 is 3.04 bits per heavy atom. The molecule has 0 spiro atoms. The van der Waals surface area contributed by atoms with Crippen LogP contribution in [0.3, 0.4) is 0 Å². The van der Waals surface area contributed by atoms with Crippen molar-refractivity contribution in [2.75, 3.05) is 13.1 Å². The Morgan fingerprint density at radius 2 is 2.29 bits per heavy atom. The molecule has 1 saturated heterocycles. The molecule has 6 nitrogen and oxygen atoms in total. The van der Waals surface area contributed by atoms with Gasteiger partial charge in [-0.3, -0.25) is 4.79 Å². The number of rotatable bonds is 2. The minimum Gasteiger partial charge on any atom is -0.477 e. The first-order chi connectivity index (χ1) is 11.6. The first kappa shape index (κ1) is 15.1. The molecular weight excluding hydrogens is 313 g/mol. The number of halogens is 1. The highest BCUT2D eigenvalue weighted by Gasteiger charge is 2.36. The second kappa shape index (κ2) is 5.89. The van der Waals surface area contributed by atoms with Crippen LogP contribution in [-0.2, 0) is 11.2 Å². The van der Waals surface area contributed by atoms with E-state index in [0.717, 1.165) is 18.4 Å². The van der Waals surface area contributed by atoms with Crippen molar-refractivity contribution in [3.63, 3.8) is 0 Å². The van der Waals surface area contributed by atoms with Gasteiger partial charge in [0.1, 0.15) is 0 Å². The van der Waals surface area contributed by atoms with Gasteiger partial charge in [0.15, 0.2) is 23.5 Å². The van der Waals surface area contributed by atoms with Crippen LogP contribution in [0.1, 0.15) is 36.0 Å². The summed E-state index contributed by atoms with van der Waals surface area (Å²) in [5, 5.41) is 3.97. The number of benzene rings is 1. The highest BCUT2D eigenvalue weighted by Crippen LogP contribution is 2.33. The Hall–Kier alpha value is -2.44. The van der Waals surface area contributed by atoms with E-state index in [-0.39, 0.29) is 17.6 Å². The van der Waals surface area contributed by atoms with Gasteiger partial charge in [0.05, 0.1) is 0 Å². The summed E-state index contributed by atoms with van der Waals surface area (Å²) < 4.78 is 24.4. The number of carbonyl (C=O) groups is 1. The minimum absolute atomic E-state index is 0.0701. The van der Waals surface area contributed by atoms with E-state index < -0.39 is 11.9 Å². The second-order valence-electron chi connectivity index (χ2n) is 6.33. The van der Waals surface area contributed by atoms with Crippen molar-refractivity contribution in [2.24, 2.45) is 0 Å². The number of aryl methyl sites for hydroxylation is 1. The molecule has 0 N–H and O–H groups in total. The first-order valence-corrected chi connectivity index (χ1v) is 8.15. The Kier molecular flexibility index (Phi) is 3.70. The third kappa shape index (κ3) is 2.64. The van der Waals surface area contributed by atoms with E-state index in [0.29, 0.717) is 31.2 Å². The van der Waals surface area contributed by atoms with Gasteiger partial charge in [0.2, 0.25) is 5.89 Å². The van der Waals surface area contributed by atoms with Gasteiger partial charge in [-0.15, -0.1) is 0 Å². The largest absolute Gasteiger partial charge is 0.477 e. The van der Waals surface area contributed by atoms with Crippen molar-refractivity contribution in [2.45, 2.75) is 38.2 Å². The molecule has 4 rings (SSSR count). The van der Waals surface area contributed by atoms with Crippen molar-refractivity contribution in [3.05, 3.63) is 41.3 Å². The molecule has 126 valence electrons. The molecule has 2 aliphatic rings. The fourth-order valence-electron chi connectivity index (χ4n) is 3.44. The van der Waals surface area contributed by atoms with Crippen molar-refractivity contribution in [1.29, 1.82) is 0 Å². The number of aromatic nitrogens is 2. The van der Waals surface area contributed by atoms with Crippen molar-refractivity contribution >= 4 is 5.91 Å². The normalized spacial score (nSPS) is 23.0. The molecule has 1 fully saturated rings. The van der Waals surface area contributed by atoms with Crippen LogP contribution in [0, 0.1) is 12.7 Å². The molecule has 1 amide bonds. The van der Waals surface area contributed by atoms with E-state index in [2.05, 4.69) is 10.1 Å². The lowest BCUT2D eigenvalue weighted by Gasteiger charge is -2.32. The number of para-hydroxylation sites is 1. The van der Waals surface area contributed by atoms with Crippen LogP contribution >= 0.6 is 0 Å². The van der Waals surface area contributed by atoms with E-state index in [1.165, 1.54) is 6.07 Å². The number of carbonyl (C=O) groups excluding carboxylic acids is 1. The second-order valence-corrected chi connectivity index (χ2v) is 6.33. The number of piperidine rings is 1. The van der Waals surface area contributed by atoms with Crippen molar-refractivity contribution in [1.82, 2.24) is 15.0 Å². The van der Waals surface area contributed by atoms with E-state index >= 15 is 0 Å². The molecule has 7 heteroatoms. The molecule has 24 heavy (non-hydrogen) atoms. The summed E-state index contributed by atoms with van der Waals surface area (Å²) in [5.41, 5.74) is 0.746. The average Bonchev–Trinajstić information content (AvgIpc) is 3.21. The summed E-state index contributed by atoms with van der Waals surface area (Å²) in [5.74, 6) is 0.932. The van der Waals surface area contributed by atoms with Crippen LogP contribution in [0.25, 0.3) is 0 Å². The van der Waals surface area contributed by atoms with E-state index in [9.17, 15) is 9.18 Å². The zero-order chi connectivity index (χ0) is 16.7. The van der Waals surface area contributed by atoms with Crippen LogP contribution in [0.15, 0.2) is 22.7 Å². The number of hydrogen-bond acceptors (Lipinski definition) is 5. The standard InChI is InChI=1S/C17H18FN3O3/c1-10-19-16(20-24-10)12-5-3-7-21(9-12)17(22)14-8-11-4-2-6-13(18)15(11)23-14/h2,4,6,12,14H,3,5,7-9H2,1H3/t12-,14+/m1/s1. The van der Waals surface area contributed by atoms with Crippen molar-refractivity contribution in [3.8, 4) is 5.75 Å². The zero-order valence-electron chi connectivity index (χ0n) is 13.4. The number of likely N-dealkylation sites (tertiary alicyclic amines) is 1. The number of amides is 1. The minimum atomic E-state index is -0.650. The van der Waals surface area contributed by atoms with E-state index in [4.69, 9.17) is 9.26 Å². The maximum absolute atomic E-state index is 13.8. The number of nitrogens with zero attached hydrogens (tertiary/aromatic N) is 3. The first-order valence-electron chi connectivity index (χ1n) is 8.15. The summed E-state index contributed by atoms with van der Waals surface area (Å²) in [6.07, 6.45) is 1.55. The smallest absolute Gasteiger partial charge is 0.264 e. The molecule has 2 atom stereocenters. The van der Waals surface area contributed by atoms with Crippen molar-refractivity contribution < 1.29 is 18.4 Å². The Balaban J connectivity index is 1.46. The molecule has 0 aliphatic carbocycles. The van der Waals surface area contributed by atoms with Crippen LogP contribution in [0.5, 0.6) is 5.75 Å². The number of hydrogen-bond donors (Lipinski definition) is 0. The van der Waals surface area contributed by atoms with Gasteiger partial charge in [-0.05, 0) is 18.9 Å². The molecule has 0 saturated carbocycles. The summed E-state index contributed by atoms with van der Waals surface area (Å²) in [6.45, 7) is 2.96. The summed E-state index contributed by atoms with van der Waals surface area (Å²) in [6, 6.07) is 4.79. The van der Waals surface area contributed by atoms with Gasteiger partial charge in [-0.2, -0.15) is 4.98 Å². The molecular formula is C17H18FN3O3. The SMILES string of the molecule is Cc1nc([C@@H]2CCCN(C(=O)[C@@H]3Cc4cccc(F)c4O3)C2)no1. The lowest BCUT2D eigenvalue weighted by atomic mass is 9.96. The molecule has 0 radical (unpaired) electrons. The lowest BCUT2D eigenvalue weighted by molar-refractivity contribution is -0.139. The average molecular weight is 331 g/mol. The van der Waals surface area contributed by atoms with E-state index in [1.54, 1.807) is 24.0 Å². The predicted molar refractivity (Wildman–Crippen MR) is 82.1 cm³/mol. The van der Waals surface area contributed by atoms with Gasteiger partial charge in [-0.1, -0.05) is 17.3 Å². The Bertz CT molecular complexity index is 776. The summed E-state index contributed by atoms with van der Waals surface area (Å²) in [7, 11) is 0. The van der Waals surface area contributed by atoms with E-state index in [1.807, 2.05) is 0 Å². The number of fused-ring (bicyclic) bond motifs is 1. The van der Waals surface area contributed by atoms with Crippen LogP contribution < -0.4 is 4.74 Å². The summed E-state index contributed by atoms with van der Waals surface area (Å²) in [4.78, 5) is 18.8. The molecule has 0 unspecified atom stereocenters. The van der Waals surface area contributed by atoms with Crippen LogP contribution in [0.4, 0.5) is 4.39 Å². The molecule has 2 aliphatic heterocycles. The fraction of sp³-hybridized carbons (Fsp3) is 0.471. The lowest BCUT2D eigenvalue weighted by Crippen LogP contribution is -2.46. The Morgan fingerprint density at radius 1 is 1.42 bits per heavy atom. The molecule has 0 bridgehead atoms. The van der Waals surface area contributed by atoms with Gasteiger partial charge >= 0.3 is 0 Å². The molecule has 2 aromatic rings. The quantitative estimate of drug-likeness (QED) is 0.844. The molecule has 1 aromatic carbocycles. The fourth-order valence-corrected chi connectivity index (χ4v) is 3.44. The predicted octanol–water partition coefficient (Wildman–Crippen LogP) is 2.23. The number of ether oxygens (including phenoxy) is 1. The van der Waals surface area contributed by atoms with Gasteiger partial charge in [0.25, 0.3) is 5.91 Å². The molecule has 1 aromatic heterocycles. The topological polar surface area (TPSA) is 68.5 Å². The maximum Gasteiger partial charge on any atom is 0.264 e.